The Kier molecular flexibility index (Phi) is 8.39. The van der Waals surface area contributed by atoms with Crippen molar-refractivity contribution in [3.63, 3.8) is 0 Å². The summed E-state index contributed by atoms with van der Waals surface area (Å²) in [5.74, 6) is -2.80. The molecule has 2 aromatic carbocycles. The number of anilines is 1. The molecule has 3 aliphatic heterocycles. The number of alkyl halides is 3. The van der Waals surface area contributed by atoms with E-state index in [2.05, 4.69) is 35.0 Å². The lowest BCUT2D eigenvalue weighted by atomic mass is 9.75. The number of carbonyl (C=O) groups is 2. The molecule has 1 amide bonds. The van der Waals surface area contributed by atoms with Crippen LogP contribution in [-0.4, -0.2) is 92.5 Å². The average molecular weight is 538 g/mol. The molecule has 0 saturated carbocycles. The van der Waals surface area contributed by atoms with Gasteiger partial charge in [-0.3, -0.25) is 9.69 Å². The van der Waals surface area contributed by atoms with Crippen LogP contribution in [0.25, 0.3) is 11.1 Å². The maximum atomic E-state index is 13.4. The lowest BCUT2D eigenvalue weighted by molar-refractivity contribution is -0.192. The van der Waals surface area contributed by atoms with Gasteiger partial charge in [0.05, 0.1) is 6.54 Å². The van der Waals surface area contributed by atoms with Crippen LogP contribution in [0.1, 0.15) is 18.4 Å². The first-order chi connectivity index (χ1) is 18.0. The second-order valence-electron chi connectivity index (χ2n) is 9.99. The first kappa shape index (κ1) is 28.0. The zero-order chi connectivity index (χ0) is 27.5. The van der Waals surface area contributed by atoms with Crippen molar-refractivity contribution in [3.05, 3.63) is 53.8 Å². The molecule has 0 aliphatic carbocycles. The molecule has 1 spiro atoms. The van der Waals surface area contributed by atoms with Gasteiger partial charge in [-0.25, -0.2) is 9.18 Å². The van der Waals surface area contributed by atoms with E-state index in [9.17, 15) is 22.4 Å². The van der Waals surface area contributed by atoms with Crippen molar-refractivity contribution in [2.75, 3.05) is 64.4 Å². The first-order valence-electron chi connectivity index (χ1n) is 12.5. The Balaban J connectivity index is 0.000000426. The lowest BCUT2D eigenvalue weighted by Crippen LogP contribution is -2.49. The van der Waals surface area contributed by atoms with E-state index in [0.717, 1.165) is 75.6 Å². The molecule has 11 heteroatoms. The molecule has 7 nitrogen and oxygen atoms in total. The molecule has 3 heterocycles. The standard InChI is InChI=1S/C25H30FN3O2.C2HF3O2/c1-27-10-12-28(13-11-27)17-24(30)29-18-25(8-14-31-15-9-25)22-16-20(4-7-23(22)29)19-2-5-21(26)6-3-19;3-2(4,5)1(6)7/h2-7,16H,8-15,17-18H2,1H3;(H,6,7). The summed E-state index contributed by atoms with van der Waals surface area (Å²) in [7, 11) is 2.13. The Bertz CT molecular complexity index is 1140. The van der Waals surface area contributed by atoms with Gasteiger partial charge in [-0.1, -0.05) is 18.2 Å². The maximum absolute atomic E-state index is 13.4. The third-order valence-corrected chi connectivity index (χ3v) is 7.45. The van der Waals surface area contributed by atoms with Crippen molar-refractivity contribution in [2.45, 2.75) is 24.4 Å². The molecule has 206 valence electrons. The number of hydrogen-bond acceptors (Lipinski definition) is 5. The van der Waals surface area contributed by atoms with Crippen LogP contribution < -0.4 is 4.90 Å². The van der Waals surface area contributed by atoms with Crippen LogP contribution >= 0.6 is 0 Å². The van der Waals surface area contributed by atoms with Crippen LogP contribution in [0.2, 0.25) is 0 Å². The van der Waals surface area contributed by atoms with Crippen molar-refractivity contribution in [1.82, 2.24) is 9.80 Å². The van der Waals surface area contributed by atoms with Crippen LogP contribution in [0.3, 0.4) is 0 Å². The quantitative estimate of drug-likeness (QED) is 0.602. The zero-order valence-electron chi connectivity index (χ0n) is 21.1. The summed E-state index contributed by atoms with van der Waals surface area (Å²) in [6, 6.07) is 13.0. The van der Waals surface area contributed by atoms with Gasteiger partial charge in [0.2, 0.25) is 5.91 Å². The lowest BCUT2D eigenvalue weighted by Gasteiger charge is -2.35. The van der Waals surface area contributed by atoms with Crippen molar-refractivity contribution >= 4 is 17.6 Å². The van der Waals surface area contributed by atoms with Crippen molar-refractivity contribution in [3.8, 4) is 11.1 Å². The number of likely N-dealkylation sites (N-methyl/N-ethyl adjacent to an activating group) is 1. The molecular weight excluding hydrogens is 506 g/mol. The molecule has 2 aromatic rings. The summed E-state index contributed by atoms with van der Waals surface area (Å²) >= 11 is 0. The van der Waals surface area contributed by atoms with Crippen molar-refractivity contribution < 1.29 is 37.0 Å². The molecule has 2 saturated heterocycles. The predicted molar refractivity (Wildman–Crippen MR) is 134 cm³/mol. The fourth-order valence-electron chi connectivity index (χ4n) is 5.19. The monoisotopic (exact) mass is 537 g/mol. The Morgan fingerprint density at radius 1 is 0.974 bits per heavy atom. The minimum atomic E-state index is -5.08. The number of benzene rings is 2. The normalized spacial score (nSPS) is 19.6. The summed E-state index contributed by atoms with van der Waals surface area (Å²) in [4.78, 5) is 28.9. The number of ether oxygens (including phenoxy) is 1. The van der Waals surface area contributed by atoms with Gasteiger partial charge in [0.1, 0.15) is 5.82 Å². The summed E-state index contributed by atoms with van der Waals surface area (Å²) in [6.07, 6.45) is -3.24. The number of carboxylic acids is 1. The predicted octanol–water partition coefficient (Wildman–Crippen LogP) is 3.77. The summed E-state index contributed by atoms with van der Waals surface area (Å²) < 4.78 is 50.8. The molecule has 1 N–H and O–H groups in total. The van der Waals surface area contributed by atoms with E-state index in [0.29, 0.717) is 6.54 Å². The number of aliphatic carboxylic acids is 1. The summed E-state index contributed by atoms with van der Waals surface area (Å²) in [6.45, 7) is 6.53. The van der Waals surface area contributed by atoms with Crippen LogP contribution in [0, 0.1) is 5.82 Å². The maximum Gasteiger partial charge on any atom is 0.490 e. The highest BCUT2D eigenvalue weighted by molar-refractivity contribution is 5.98. The van der Waals surface area contributed by atoms with Gasteiger partial charge in [-0.05, 0) is 60.8 Å². The summed E-state index contributed by atoms with van der Waals surface area (Å²) in [5, 5.41) is 7.12. The number of carbonyl (C=O) groups excluding carboxylic acids is 1. The van der Waals surface area contributed by atoms with E-state index in [1.54, 1.807) is 0 Å². The van der Waals surface area contributed by atoms with Gasteiger partial charge in [0, 0.05) is 57.0 Å². The summed E-state index contributed by atoms with van der Waals surface area (Å²) in [5.41, 5.74) is 4.28. The molecule has 0 aromatic heterocycles. The number of hydrogen-bond donors (Lipinski definition) is 1. The second kappa shape index (κ2) is 11.4. The van der Waals surface area contributed by atoms with Crippen LogP contribution in [-0.2, 0) is 19.7 Å². The molecule has 0 radical (unpaired) electrons. The number of halogens is 4. The van der Waals surface area contributed by atoms with Gasteiger partial charge in [0.25, 0.3) is 0 Å². The van der Waals surface area contributed by atoms with E-state index < -0.39 is 12.1 Å². The minimum Gasteiger partial charge on any atom is -0.475 e. The van der Waals surface area contributed by atoms with E-state index in [-0.39, 0.29) is 17.1 Å². The van der Waals surface area contributed by atoms with E-state index in [4.69, 9.17) is 14.6 Å². The van der Waals surface area contributed by atoms with Gasteiger partial charge >= 0.3 is 12.1 Å². The fourth-order valence-corrected chi connectivity index (χ4v) is 5.19. The van der Waals surface area contributed by atoms with Crippen LogP contribution in [0.15, 0.2) is 42.5 Å². The molecule has 38 heavy (non-hydrogen) atoms. The highest BCUT2D eigenvalue weighted by atomic mass is 19.4. The minimum absolute atomic E-state index is 0.0542. The number of fused-ring (bicyclic) bond motifs is 2. The molecule has 0 atom stereocenters. The molecule has 0 bridgehead atoms. The van der Waals surface area contributed by atoms with Crippen molar-refractivity contribution in [2.24, 2.45) is 0 Å². The van der Waals surface area contributed by atoms with Crippen LogP contribution in [0.5, 0.6) is 0 Å². The largest absolute Gasteiger partial charge is 0.490 e. The second-order valence-corrected chi connectivity index (χ2v) is 9.99. The Labute approximate surface area is 218 Å². The average Bonchev–Trinajstić information content (AvgIpc) is 3.19. The molecule has 5 rings (SSSR count). The number of rotatable bonds is 3. The topological polar surface area (TPSA) is 73.3 Å². The third kappa shape index (κ3) is 6.33. The zero-order valence-corrected chi connectivity index (χ0v) is 21.1. The van der Waals surface area contributed by atoms with Crippen molar-refractivity contribution in [1.29, 1.82) is 0 Å². The van der Waals surface area contributed by atoms with E-state index >= 15 is 0 Å². The number of carboxylic acid groups (broad SMARTS) is 1. The highest BCUT2D eigenvalue weighted by Crippen LogP contribution is 2.48. The van der Waals surface area contributed by atoms with E-state index in [1.165, 1.54) is 17.7 Å². The third-order valence-electron chi connectivity index (χ3n) is 7.45. The Hall–Kier alpha value is -3.02. The van der Waals surface area contributed by atoms with Gasteiger partial charge in [-0.2, -0.15) is 13.2 Å². The Morgan fingerprint density at radius 3 is 2.13 bits per heavy atom. The number of piperazine rings is 1. The molecule has 3 aliphatic rings. The smallest absolute Gasteiger partial charge is 0.475 e. The first-order valence-corrected chi connectivity index (χ1v) is 12.5. The molecule has 2 fully saturated rings. The van der Waals surface area contributed by atoms with E-state index in [1.807, 2.05) is 17.0 Å². The number of nitrogens with zero attached hydrogens (tertiary/aromatic N) is 3. The van der Waals surface area contributed by atoms with Gasteiger partial charge < -0.3 is 19.6 Å². The highest BCUT2D eigenvalue weighted by Gasteiger charge is 2.46. The van der Waals surface area contributed by atoms with Crippen LogP contribution in [0.4, 0.5) is 23.2 Å². The molecular formula is C27H31F4N3O4. The van der Waals surface area contributed by atoms with Gasteiger partial charge in [-0.15, -0.1) is 0 Å². The number of amides is 1. The fraction of sp³-hybridized carbons (Fsp3) is 0.481. The van der Waals surface area contributed by atoms with Gasteiger partial charge in [0.15, 0.2) is 0 Å². The molecule has 0 unspecified atom stereocenters. The Morgan fingerprint density at radius 2 is 1.55 bits per heavy atom. The SMILES string of the molecule is CN1CCN(CC(=O)N2CC3(CCOCC3)c3cc(-c4ccc(F)cc4)ccc32)CC1.O=C(O)C(F)(F)F.